The predicted octanol–water partition coefficient (Wildman–Crippen LogP) is 1.60. The maximum atomic E-state index is 12.2. The van der Waals surface area contributed by atoms with Crippen molar-refractivity contribution in [2.45, 2.75) is 24.8 Å². The van der Waals surface area contributed by atoms with Crippen LogP contribution >= 0.6 is 11.6 Å². The fourth-order valence-corrected chi connectivity index (χ4v) is 3.34. The summed E-state index contributed by atoms with van der Waals surface area (Å²) in [6.07, 6.45) is 0. The third-order valence-electron chi connectivity index (χ3n) is 2.56. The Morgan fingerprint density at radius 1 is 1.45 bits per heavy atom. The molecule has 0 aliphatic rings. The van der Waals surface area contributed by atoms with Crippen molar-refractivity contribution in [3.8, 4) is 6.07 Å². The standard InChI is InChI=1S/C12H13ClN2O4S/c1-7(2)11(12(16)17)15-20(18,19)10-5-8(6-14)3-4-9(10)13/h3-5,7,11,15H,1-2H3,(H,16,17)/t11-/m0/s1. The number of nitrogens with zero attached hydrogens (tertiary/aromatic N) is 1. The van der Waals surface area contributed by atoms with E-state index in [4.69, 9.17) is 22.0 Å². The molecule has 20 heavy (non-hydrogen) atoms. The summed E-state index contributed by atoms with van der Waals surface area (Å²) in [6.45, 7) is 3.16. The number of carboxylic acid groups (broad SMARTS) is 1. The van der Waals surface area contributed by atoms with E-state index in [9.17, 15) is 13.2 Å². The number of carboxylic acids is 1. The highest BCUT2D eigenvalue weighted by Gasteiger charge is 2.29. The van der Waals surface area contributed by atoms with Gasteiger partial charge in [-0.15, -0.1) is 0 Å². The molecule has 0 fully saturated rings. The van der Waals surface area contributed by atoms with Crippen LogP contribution in [0.15, 0.2) is 23.1 Å². The third kappa shape index (κ3) is 3.70. The zero-order chi connectivity index (χ0) is 15.5. The van der Waals surface area contributed by atoms with E-state index in [0.29, 0.717) is 0 Å². The van der Waals surface area contributed by atoms with Crippen LogP contribution in [-0.4, -0.2) is 25.5 Å². The van der Waals surface area contributed by atoms with Gasteiger partial charge in [-0.3, -0.25) is 4.79 Å². The van der Waals surface area contributed by atoms with Gasteiger partial charge in [-0.2, -0.15) is 9.98 Å². The molecule has 1 rings (SSSR count). The van der Waals surface area contributed by atoms with Crippen LogP contribution in [0.5, 0.6) is 0 Å². The molecule has 2 N–H and O–H groups in total. The first kappa shape index (κ1) is 16.4. The Hall–Kier alpha value is -1.62. The van der Waals surface area contributed by atoms with Gasteiger partial charge in [0.25, 0.3) is 0 Å². The highest BCUT2D eigenvalue weighted by Crippen LogP contribution is 2.23. The van der Waals surface area contributed by atoms with Gasteiger partial charge in [0.15, 0.2) is 0 Å². The number of benzene rings is 1. The van der Waals surface area contributed by atoms with Crippen LogP contribution < -0.4 is 4.72 Å². The van der Waals surface area contributed by atoms with Crippen molar-refractivity contribution >= 4 is 27.6 Å². The number of halogens is 1. The lowest BCUT2D eigenvalue weighted by Gasteiger charge is -2.18. The zero-order valence-electron chi connectivity index (χ0n) is 10.8. The molecular weight excluding hydrogens is 304 g/mol. The number of aliphatic carboxylic acids is 1. The van der Waals surface area contributed by atoms with E-state index in [1.165, 1.54) is 12.1 Å². The Morgan fingerprint density at radius 3 is 2.50 bits per heavy atom. The quantitative estimate of drug-likeness (QED) is 0.858. The molecule has 0 aromatic heterocycles. The molecule has 0 saturated carbocycles. The summed E-state index contributed by atoms with van der Waals surface area (Å²) in [7, 11) is -4.13. The fourth-order valence-electron chi connectivity index (χ4n) is 1.48. The monoisotopic (exact) mass is 316 g/mol. The Morgan fingerprint density at radius 2 is 2.05 bits per heavy atom. The predicted molar refractivity (Wildman–Crippen MR) is 72.8 cm³/mol. The lowest BCUT2D eigenvalue weighted by Crippen LogP contribution is -2.44. The molecule has 0 saturated heterocycles. The molecule has 0 aliphatic carbocycles. The second-order valence-corrected chi connectivity index (χ2v) is 6.53. The number of hydrogen-bond donors (Lipinski definition) is 2. The molecule has 8 heteroatoms. The number of hydrogen-bond acceptors (Lipinski definition) is 4. The van der Waals surface area contributed by atoms with Gasteiger partial charge in [-0.05, 0) is 24.1 Å². The lowest BCUT2D eigenvalue weighted by atomic mass is 10.1. The molecule has 1 aromatic carbocycles. The largest absolute Gasteiger partial charge is 0.480 e. The van der Waals surface area contributed by atoms with E-state index in [1.54, 1.807) is 19.9 Å². The molecular formula is C12H13ClN2O4S. The van der Waals surface area contributed by atoms with E-state index in [1.807, 2.05) is 0 Å². The van der Waals surface area contributed by atoms with Gasteiger partial charge in [0, 0.05) is 0 Å². The molecule has 0 unspecified atom stereocenters. The van der Waals surface area contributed by atoms with Crippen LogP contribution in [0.4, 0.5) is 0 Å². The van der Waals surface area contributed by atoms with Gasteiger partial charge in [0.1, 0.15) is 10.9 Å². The normalized spacial score (nSPS) is 12.9. The Labute approximate surface area is 122 Å². The zero-order valence-corrected chi connectivity index (χ0v) is 12.4. The van der Waals surface area contributed by atoms with Crippen molar-refractivity contribution in [3.63, 3.8) is 0 Å². The molecule has 108 valence electrons. The highest BCUT2D eigenvalue weighted by atomic mass is 35.5. The minimum atomic E-state index is -4.13. The van der Waals surface area contributed by atoms with Crippen molar-refractivity contribution in [1.29, 1.82) is 5.26 Å². The fraction of sp³-hybridized carbons (Fsp3) is 0.333. The second-order valence-electron chi connectivity index (χ2n) is 4.44. The number of carbonyl (C=O) groups is 1. The maximum absolute atomic E-state index is 12.2. The lowest BCUT2D eigenvalue weighted by molar-refractivity contribution is -0.140. The van der Waals surface area contributed by atoms with Gasteiger partial charge in [-0.25, -0.2) is 8.42 Å². The first-order valence-electron chi connectivity index (χ1n) is 5.64. The number of nitriles is 1. The molecule has 0 spiro atoms. The van der Waals surface area contributed by atoms with Gasteiger partial charge < -0.3 is 5.11 Å². The first-order chi connectivity index (χ1) is 9.19. The average molecular weight is 317 g/mol. The minimum absolute atomic E-state index is 0.0793. The van der Waals surface area contributed by atoms with E-state index >= 15 is 0 Å². The van der Waals surface area contributed by atoms with Crippen molar-refractivity contribution in [2.24, 2.45) is 5.92 Å². The molecule has 0 radical (unpaired) electrons. The van der Waals surface area contributed by atoms with Gasteiger partial charge >= 0.3 is 5.97 Å². The first-order valence-corrected chi connectivity index (χ1v) is 7.50. The van der Waals surface area contributed by atoms with Gasteiger partial charge in [-0.1, -0.05) is 25.4 Å². The van der Waals surface area contributed by atoms with E-state index in [0.717, 1.165) is 6.07 Å². The second kappa shape index (κ2) is 6.22. The van der Waals surface area contributed by atoms with Crippen molar-refractivity contribution in [1.82, 2.24) is 4.72 Å². The Balaban J connectivity index is 3.24. The topological polar surface area (TPSA) is 107 Å². The molecule has 1 atom stereocenters. The van der Waals surface area contributed by atoms with Gasteiger partial charge in [0.2, 0.25) is 10.0 Å². The molecule has 0 aliphatic heterocycles. The number of sulfonamides is 1. The van der Waals surface area contributed by atoms with E-state index < -0.39 is 28.0 Å². The Kier molecular flexibility index (Phi) is 5.11. The summed E-state index contributed by atoms with van der Waals surface area (Å²) >= 11 is 5.80. The third-order valence-corrected chi connectivity index (χ3v) is 4.49. The van der Waals surface area contributed by atoms with E-state index in [-0.39, 0.29) is 15.5 Å². The maximum Gasteiger partial charge on any atom is 0.322 e. The minimum Gasteiger partial charge on any atom is -0.480 e. The average Bonchev–Trinajstić information content (AvgIpc) is 2.35. The summed E-state index contributed by atoms with van der Waals surface area (Å²) in [6, 6.07) is 4.27. The van der Waals surface area contributed by atoms with Crippen LogP contribution in [-0.2, 0) is 14.8 Å². The van der Waals surface area contributed by atoms with Crippen molar-refractivity contribution < 1.29 is 18.3 Å². The van der Waals surface area contributed by atoms with Crippen molar-refractivity contribution in [2.75, 3.05) is 0 Å². The SMILES string of the molecule is CC(C)[C@H](NS(=O)(=O)c1cc(C#N)ccc1Cl)C(=O)O. The van der Waals surface area contributed by atoms with E-state index in [2.05, 4.69) is 4.72 Å². The van der Waals surface area contributed by atoms with Crippen LogP contribution in [0.2, 0.25) is 5.02 Å². The summed E-state index contributed by atoms with van der Waals surface area (Å²) in [5, 5.41) is 17.7. The summed E-state index contributed by atoms with van der Waals surface area (Å²) < 4.78 is 26.4. The highest BCUT2D eigenvalue weighted by molar-refractivity contribution is 7.89. The molecule has 6 nitrogen and oxygen atoms in total. The molecule has 0 amide bonds. The Bertz CT molecular complexity index is 665. The molecule has 0 bridgehead atoms. The van der Waals surface area contributed by atoms with Gasteiger partial charge in [0.05, 0.1) is 16.7 Å². The van der Waals surface area contributed by atoms with Crippen LogP contribution in [0.3, 0.4) is 0 Å². The van der Waals surface area contributed by atoms with Crippen LogP contribution in [0.1, 0.15) is 19.4 Å². The van der Waals surface area contributed by atoms with Crippen LogP contribution in [0.25, 0.3) is 0 Å². The number of rotatable bonds is 5. The van der Waals surface area contributed by atoms with Crippen LogP contribution in [0, 0.1) is 17.2 Å². The van der Waals surface area contributed by atoms with Crippen molar-refractivity contribution in [3.05, 3.63) is 28.8 Å². The number of nitrogens with one attached hydrogen (secondary N) is 1. The summed E-state index contributed by atoms with van der Waals surface area (Å²) in [5.74, 6) is -1.73. The summed E-state index contributed by atoms with van der Waals surface area (Å²) in [4.78, 5) is 10.7. The summed E-state index contributed by atoms with van der Waals surface area (Å²) in [5.41, 5.74) is 0.117. The smallest absolute Gasteiger partial charge is 0.322 e. The molecule has 0 heterocycles. The molecule has 1 aromatic rings.